The largest absolute Gasteiger partial charge is 0.336 e. The number of aryl methyl sites for hydroxylation is 2. The van der Waals surface area contributed by atoms with Gasteiger partial charge in [-0.2, -0.15) is 0 Å². The van der Waals surface area contributed by atoms with Crippen LogP contribution in [0, 0.1) is 13.8 Å². The summed E-state index contributed by atoms with van der Waals surface area (Å²) in [5.74, 6) is -0.384. The number of aromatic nitrogens is 3. The second-order valence-corrected chi connectivity index (χ2v) is 9.42. The van der Waals surface area contributed by atoms with E-state index in [0.717, 1.165) is 25.9 Å². The molecule has 0 saturated carbocycles. The van der Waals surface area contributed by atoms with Crippen molar-refractivity contribution in [3.05, 3.63) is 85.9 Å². The molecule has 0 radical (unpaired) electrons. The molecule has 5 aromatic rings. The van der Waals surface area contributed by atoms with E-state index in [1.165, 1.54) is 27.2 Å². The minimum absolute atomic E-state index is 0.229. The second-order valence-electron chi connectivity index (χ2n) is 7.47. The molecule has 0 unspecified atom stereocenters. The first-order chi connectivity index (χ1) is 15.4. The van der Waals surface area contributed by atoms with Gasteiger partial charge < -0.3 is 5.32 Å². The highest BCUT2D eigenvalue weighted by molar-refractivity contribution is 7.22. The Morgan fingerprint density at radius 2 is 1.91 bits per heavy atom. The number of anilines is 1. The van der Waals surface area contributed by atoms with Crippen molar-refractivity contribution in [2.75, 3.05) is 5.32 Å². The first-order valence-corrected chi connectivity index (χ1v) is 11.6. The number of hydrogen-bond donors (Lipinski definition) is 1. The summed E-state index contributed by atoms with van der Waals surface area (Å²) in [6.07, 6.45) is 0. The van der Waals surface area contributed by atoms with E-state index in [1.807, 2.05) is 56.3 Å². The van der Waals surface area contributed by atoms with Gasteiger partial charge in [0.25, 0.3) is 5.56 Å². The fourth-order valence-electron chi connectivity index (χ4n) is 3.64. The molecule has 1 N–H and O–H groups in total. The van der Waals surface area contributed by atoms with Gasteiger partial charge in [-0.15, -0.1) is 11.3 Å². The second kappa shape index (κ2) is 7.85. The average molecular weight is 463 g/mol. The van der Waals surface area contributed by atoms with E-state index in [4.69, 9.17) is 0 Å². The van der Waals surface area contributed by atoms with Crippen LogP contribution in [-0.4, -0.2) is 20.0 Å². The normalized spacial score (nSPS) is 11.3. The number of para-hydroxylation sites is 1. The predicted octanol–water partition coefficient (Wildman–Crippen LogP) is 4.08. The number of amides is 1. The quantitative estimate of drug-likeness (QED) is 0.436. The number of thiazole rings is 1. The smallest absolute Gasteiger partial charge is 0.300 e. The zero-order valence-electron chi connectivity index (χ0n) is 17.3. The molecule has 3 aromatic heterocycles. The van der Waals surface area contributed by atoms with Crippen LogP contribution < -0.4 is 16.6 Å². The lowest BCUT2D eigenvalue weighted by Gasteiger charge is -2.14. The lowest BCUT2D eigenvalue weighted by atomic mass is 10.1. The number of nitrogens with zero attached hydrogens (tertiary/aromatic N) is 3. The van der Waals surface area contributed by atoms with Crippen molar-refractivity contribution in [1.29, 1.82) is 0 Å². The van der Waals surface area contributed by atoms with E-state index in [0.29, 0.717) is 21.0 Å². The van der Waals surface area contributed by atoms with Crippen molar-refractivity contribution >= 4 is 54.1 Å². The molecule has 3 heterocycles. The van der Waals surface area contributed by atoms with Crippen LogP contribution in [0.25, 0.3) is 26.1 Å². The summed E-state index contributed by atoms with van der Waals surface area (Å²) < 4.78 is 3.89. The van der Waals surface area contributed by atoms with Crippen LogP contribution in [0.15, 0.2) is 63.5 Å². The maximum absolute atomic E-state index is 13.4. The molecule has 7 nitrogen and oxygen atoms in total. The summed E-state index contributed by atoms with van der Waals surface area (Å²) >= 11 is 2.62. The molecule has 32 heavy (non-hydrogen) atoms. The van der Waals surface area contributed by atoms with Crippen molar-refractivity contribution in [3.63, 3.8) is 0 Å². The zero-order valence-corrected chi connectivity index (χ0v) is 18.9. The van der Waals surface area contributed by atoms with Gasteiger partial charge in [0.15, 0.2) is 5.13 Å². The first-order valence-electron chi connectivity index (χ1n) is 9.88. The zero-order chi connectivity index (χ0) is 22.4. The maximum atomic E-state index is 13.4. The number of hydrogen-bond acceptors (Lipinski definition) is 6. The summed E-state index contributed by atoms with van der Waals surface area (Å²) in [7, 11) is 0. The molecule has 5 rings (SSSR count). The van der Waals surface area contributed by atoms with Crippen LogP contribution in [0.4, 0.5) is 5.13 Å². The van der Waals surface area contributed by atoms with Crippen LogP contribution in [0.5, 0.6) is 0 Å². The lowest BCUT2D eigenvalue weighted by molar-refractivity contribution is -0.116. The monoisotopic (exact) mass is 462 g/mol. The fraction of sp³-hybridized carbons (Fsp3) is 0.130. The van der Waals surface area contributed by atoms with Crippen LogP contribution in [0.2, 0.25) is 0 Å². The van der Waals surface area contributed by atoms with Crippen molar-refractivity contribution < 1.29 is 4.79 Å². The highest BCUT2D eigenvalue weighted by Crippen LogP contribution is 2.25. The molecular formula is C23H18N4O3S2. The molecule has 2 aromatic carbocycles. The van der Waals surface area contributed by atoms with Crippen molar-refractivity contribution in [2.24, 2.45) is 0 Å². The SMILES string of the molecule is Cc1ccc(C)c(-n2c(=O)c3sccc3n(CC(=O)Nc3nc4ccccc4s3)c2=O)c1. The Balaban J connectivity index is 1.58. The van der Waals surface area contributed by atoms with E-state index in [1.54, 1.807) is 11.4 Å². The van der Waals surface area contributed by atoms with E-state index in [-0.39, 0.29) is 18.0 Å². The van der Waals surface area contributed by atoms with Crippen LogP contribution in [-0.2, 0) is 11.3 Å². The maximum Gasteiger partial charge on any atom is 0.336 e. The molecule has 0 atom stereocenters. The van der Waals surface area contributed by atoms with Crippen LogP contribution in [0.3, 0.4) is 0 Å². The molecule has 0 aliphatic rings. The summed E-state index contributed by atoms with van der Waals surface area (Å²) in [6.45, 7) is 3.53. The molecule has 160 valence electrons. The number of carbonyl (C=O) groups is 1. The van der Waals surface area contributed by atoms with Crippen LogP contribution in [0.1, 0.15) is 11.1 Å². The lowest BCUT2D eigenvalue weighted by Crippen LogP contribution is -2.40. The standard InChI is InChI=1S/C23H18N4O3S2/c1-13-7-8-14(2)17(11-13)27-21(29)20-16(9-10-31-20)26(23(27)30)12-19(28)25-22-24-15-5-3-4-6-18(15)32-22/h3-11H,12H2,1-2H3,(H,24,25,28). The summed E-state index contributed by atoms with van der Waals surface area (Å²) in [5, 5.41) is 5.00. The third-order valence-electron chi connectivity index (χ3n) is 5.20. The van der Waals surface area contributed by atoms with Gasteiger partial charge >= 0.3 is 5.69 Å². The number of fused-ring (bicyclic) bond motifs is 2. The van der Waals surface area contributed by atoms with Crippen molar-refractivity contribution in [3.8, 4) is 5.69 Å². The molecule has 0 aliphatic carbocycles. The summed E-state index contributed by atoms with van der Waals surface area (Å²) in [4.78, 5) is 43.8. The summed E-state index contributed by atoms with van der Waals surface area (Å²) in [6, 6.07) is 14.9. The Morgan fingerprint density at radius 3 is 2.72 bits per heavy atom. The molecule has 0 spiro atoms. The molecule has 0 bridgehead atoms. The number of thiophene rings is 1. The first kappa shape index (κ1) is 20.3. The van der Waals surface area contributed by atoms with Gasteiger partial charge in [-0.05, 0) is 54.6 Å². The van der Waals surface area contributed by atoms with E-state index < -0.39 is 5.69 Å². The van der Waals surface area contributed by atoms with E-state index in [9.17, 15) is 14.4 Å². The summed E-state index contributed by atoms with van der Waals surface area (Å²) in [5.41, 5.74) is 2.58. The van der Waals surface area contributed by atoms with Crippen molar-refractivity contribution in [1.82, 2.24) is 14.1 Å². The number of benzene rings is 2. The Hall–Kier alpha value is -3.56. The topological polar surface area (TPSA) is 86.0 Å². The van der Waals surface area contributed by atoms with E-state index in [2.05, 4.69) is 10.3 Å². The Bertz CT molecular complexity index is 1590. The molecule has 0 saturated heterocycles. The number of rotatable bonds is 4. The van der Waals surface area contributed by atoms with Gasteiger partial charge in [-0.3, -0.25) is 14.2 Å². The third-order valence-corrected chi connectivity index (χ3v) is 7.05. The number of carbonyl (C=O) groups excluding carboxylic acids is 1. The van der Waals surface area contributed by atoms with E-state index >= 15 is 0 Å². The highest BCUT2D eigenvalue weighted by atomic mass is 32.1. The Morgan fingerprint density at radius 1 is 1.09 bits per heavy atom. The third kappa shape index (κ3) is 3.45. The molecule has 9 heteroatoms. The Labute approximate surface area is 190 Å². The number of nitrogens with one attached hydrogen (secondary N) is 1. The fourth-order valence-corrected chi connectivity index (χ4v) is 5.35. The van der Waals surface area contributed by atoms with Gasteiger partial charge in [0.05, 0.1) is 21.4 Å². The molecule has 0 fully saturated rings. The Kier molecular flexibility index (Phi) is 4.99. The van der Waals surface area contributed by atoms with Gasteiger partial charge in [0.2, 0.25) is 5.91 Å². The van der Waals surface area contributed by atoms with Gasteiger partial charge in [0, 0.05) is 0 Å². The van der Waals surface area contributed by atoms with Crippen molar-refractivity contribution in [2.45, 2.75) is 20.4 Å². The predicted molar refractivity (Wildman–Crippen MR) is 129 cm³/mol. The van der Waals surface area contributed by atoms with Gasteiger partial charge in [0.1, 0.15) is 11.2 Å². The van der Waals surface area contributed by atoms with Gasteiger partial charge in [-0.1, -0.05) is 35.6 Å². The van der Waals surface area contributed by atoms with Gasteiger partial charge in [-0.25, -0.2) is 14.3 Å². The molecular weight excluding hydrogens is 444 g/mol. The minimum Gasteiger partial charge on any atom is -0.300 e. The van der Waals surface area contributed by atoms with Crippen LogP contribution >= 0.6 is 22.7 Å². The molecule has 1 amide bonds. The molecule has 0 aliphatic heterocycles. The minimum atomic E-state index is -0.547. The average Bonchev–Trinajstić information content (AvgIpc) is 3.40. The highest BCUT2D eigenvalue weighted by Gasteiger charge is 2.19.